The monoisotopic (exact) mass is 384 g/mol. The number of para-hydroxylation sites is 1. The van der Waals surface area contributed by atoms with Crippen molar-refractivity contribution in [1.29, 1.82) is 0 Å². The van der Waals surface area contributed by atoms with Crippen molar-refractivity contribution in [3.05, 3.63) is 64.0 Å². The highest BCUT2D eigenvalue weighted by Gasteiger charge is 2.19. The molecule has 3 aromatic rings. The Hall–Kier alpha value is -2.14. The number of anilines is 1. The minimum Gasteiger partial charge on any atom is -0.372 e. The summed E-state index contributed by atoms with van der Waals surface area (Å²) in [6.45, 7) is 2.91. The number of nitrogens with zero attached hydrogens (tertiary/aromatic N) is 2. The van der Waals surface area contributed by atoms with Gasteiger partial charge >= 0.3 is 4.87 Å². The molecule has 1 fully saturated rings. The van der Waals surface area contributed by atoms with Gasteiger partial charge in [0.25, 0.3) is 0 Å². The molecule has 27 heavy (non-hydrogen) atoms. The largest absolute Gasteiger partial charge is 0.372 e. The Labute approximate surface area is 163 Å². The summed E-state index contributed by atoms with van der Waals surface area (Å²) < 4.78 is 16.1. The van der Waals surface area contributed by atoms with Gasteiger partial charge in [-0.15, -0.1) is 0 Å². The second-order valence-corrected chi connectivity index (χ2v) is 8.38. The molecule has 1 aliphatic heterocycles. The first kappa shape index (κ1) is 18.2. The van der Waals surface area contributed by atoms with Crippen LogP contribution in [0.15, 0.2) is 53.3 Å². The molecule has 0 saturated carbocycles. The van der Waals surface area contributed by atoms with Crippen molar-refractivity contribution in [2.24, 2.45) is 5.92 Å². The summed E-state index contributed by atoms with van der Waals surface area (Å²) >= 11 is 1.34. The highest BCUT2D eigenvalue weighted by molar-refractivity contribution is 7.16. The van der Waals surface area contributed by atoms with Crippen LogP contribution in [0.2, 0.25) is 0 Å². The van der Waals surface area contributed by atoms with Crippen LogP contribution in [-0.4, -0.2) is 17.7 Å². The van der Waals surface area contributed by atoms with E-state index in [1.54, 1.807) is 0 Å². The molecule has 1 aromatic heterocycles. The number of thiazole rings is 1. The van der Waals surface area contributed by atoms with Crippen LogP contribution >= 0.6 is 11.3 Å². The molecule has 1 saturated heterocycles. The molecule has 0 aliphatic carbocycles. The van der Waals surface area contributed by atoms with Gasteiger partial charge in [-0.25, -0.2) is 4.39 Å². The SMILES string of the molecule is O=c1sc2ccccc2n1CCCCC1CCN(c2ccc(F)cc2)CC1. The minimum atomic E-state index is -0.175. The zero-order chi connectivity index (χ0) is 18.6. The van der Waals surface area contributed by atoms with Gasteiger partial charge in [-0.1, -0.05) is 36.3 Å². The summed E-state index contributed by atoms with van der Waals surface area (Å²) in [5.74, 6) is 0.587. The van der Waals surface area contributed by atoms with Gasteiger partial charge in [0.2, 0.25) is 0 Å². The Morgan fingerprint density at radius 3 is 2.52 bits per heavy atom. The zero-order valence-electron chi connectivity index (χ0n) is 15.4. The van der Waals surface area contributed by atoms with Crippen molar-refractivity contribution in [2.45, 2.75) is 38.6 Å². The van der Waals surface area contributed by atoms with Crippen molar-refractivity contribution >= 4 is 27.2 Å². The molecule has 2 heterocycles. The molecular formula is C22H25FN2OS. The van der Waals surface area contributed by atoms with Gasteiger partial charge in [0, 0.05) is 25.3 Å². The number of halogens is 1. The Bertz CT molecular complexity index is 939. The van der Waals surface area contributed by atoms with E-state index in [1.165, 1.54) is 42.7 Å². The predicted molar refractivity (Wildman–Crippen MR) is 111 cm³/mol. The number of aryl methyl sites for hydroxylation is 1. The lowest BCUT2D eigenvalue weighted by atomic mass is 9.91. The van der Waals surface area contributed by atoms with E-state index in [9.17, 15) is 9.18 Å². The van der Waals surface area contributed by atoms with Crippen LogP contribution in [0.4, 0.5) is 10.1 Å². The number of unbranched alkanes of at least 4 members (excludes halogenated alkanes) is 1. The summed E-state index contributed by atoms with van der Waals surface area (Å²) in [5.41, 5.74) is 2.19. The summed E-state index contributed by atoms with van der Waals surface area (Å²) in [4.78, 5) is 14.7. The van der Waals surface area contributed by atoms with Crippen molar-refractivity contribution in [3.8, 4) is 0 Å². The second-order valence-electron chi connectivity index (χ2n) is 7.39. The summed E-state index contributed by atoms with van der Waals surface area (Å²) in [5, 5.41) is 0. The van der Waals surface area contributed by atoms with Crippen molar-refractivity contribution in [1.82, 2.24) is 4.57 Å². The van der Waals surface area contributed by atoms with Gasteiger partial charge in [0.05, 0.1) is 10.2 Å². The normalized spacial score (nSPS) is 15.5. The Balaban J connectivity index is 1.23. The molecule has 0 atom stereocenters. The summed E-state index contributed by atoms with van der Waals surface area (Å²) in [7, 11) is 0. The molecule has 1 aliphatic rings. The van der Waals surface area contributed by atoms with Gasteiger partial charge < -0.3 is 4.90 Å². The number of hydrogen-bond donors (Lipinski definition) is 0. The topological polar surface area (TPSA) is 25.2 Å². The molecule has 0 unspecified atom stereocenters. The third-order valence-electron chi connectivity index (χ3n) is 5.62. The average molecular weight is 385 g/mol. The first-order valence-electron chi connectivity index (χ1n) is 9.79. The summed E-state index contributed by atoms with van der Waals surface area (Å²) in [6.07, 6.45) is 5.84. The highest BCUT2D eigenvalue weighted by Crippen LogP contribution is 2.27. The maximum absolute atomic E-state index is 13.1. The van der Waals surface area contributed by atoms with Crippen molar-refractivity contribution < 1.29 is 4.39 Å². The fraction of sp³-hybridized carbons (Fsp3) is 0.409. The molecular weight excluding hydrogens is 359 g/mol. The van der Waals surface area contributed by atoms with Gasteiger partial charge in [0.15, 0.2) is 0 Å². The van der Waals surface area contributed by atoms with Crippen LogP contribution in [0.1, 0.15) is 32.1 Å². The van der Waals surface area contributed by atoms with E-state index < -0.39 is 0 Å². The average Bonchev–Trinajstić information content (AvgIpc) is 3.02. The lowest BCUT2D eigenvalue weighted by Gasteiger charge is -2.33. The van der Waals surface area contributed by atoms with E-state index in [0.29, 0.717) is 0 Å². The fourth-order valence-electron chi connectivity index (χ4n) is 4.06. The van der Waals surface area contributed by atoms with Crippen LogP contribution in [0.3, 0.4) is 0 Å². The number of benzene rings is 2. The smallest absolute Gasteiger partial charge is 0.308 e. The van der Waals surface area contributed by atoms with E-state index in [-0.39, 0.29) is 10.7 Å². The highest BCUT2D eigenvalue weighted by atomic mass is 32.1. The van der Waals surface area contributed by atoms with E-state index in [1.807, 2.05) is 41.0 Å². The number of piperidine rings is 1. The maximum atomic E-state index is 13.1. The third kappa shape index (κ3) is 4.24. The maximum Gasteiger partial charge on any atom is 0.308 e. The Kier molecular flexibility index (Phi) is 5.58. The minimum absolute atomic E-state index is 0.156. The van der Waals surface area contributed by atoms with Crippen LogP contribution in [0.25, 0.3) is 10.2 Å². The molecule has 5 heteroatoms. The van der Waals surface area contributed by atoms with Crippen LogP contribution in [0, 0.1) is 11.7 Å². The fourth-order valence-corrected chi connectivity index (χ4v) is 4.98. The predicted octanol–water partition coefficient (Wildman–Crippen LogP) is 5.29. The molecule has 0 bridgehead atoms. The molecule has 0 spiro atoms. The van der Waals surface area contributed by atoms with Crippen molar-refractivity contribution in [3.63, 3.8) is 0 Å². The van der Waals surface area contributed by atoms with Gasteiger partial charge in [-0.05, 0) is 61.6 Å². The number of aromatic nitrogens is 1. The van der Waals surface area contributed by atoms with E-state index in [0.717, 1.165) is 54.3 Å². The summed E-state index contributed by atoms with van der Waals surface area (Å²) in [6, 6.07) is 14.9. The molecule has 0 amide bonds. The number of rotatable bonds is 6. The first-order chi connectivity index (χ1) is 13.2. The third-order valence-corrected chi connectivity index (χ3v) is 6.58. The lowest BCUT2D eigenvalue weighted by Crippen LogP contribution is -2.33. The van der Waals surface area contributed by atoms with Gasteiger partial charge in [-0.2, -0.15) is 0 Å². The zero-order valence-corrected chi connectivity index (χ0v) is 16.3. The molecule has 4 rings (SSSR count). The second kappa shape index (κ2) is 8.26. The Morgan fingerprint density at radius 2 is 1.74 bits per heavy atom. The lowest BCUT2D eigenvalue weighted by molar-refractivity contribution is 0.365. The van der Waals surface area contributed by atoms with Gasteiger partial charge in [-0.3, -0.25) is 9.36 Å². The van der Waals surface area contributed by atoms with Crippen LogP contribution in [-0.2, 0) is 6.54 Å². The molecule has 3 nitrogen and oxygen atoms in total. The molecule has 0 N–H and O–H groups in total. The number of hydrogen-bond acceptors (Lipinski definition) is 3. The molecule has 2 aromatic carbocycles. The standard InChI is InChI=1S/C22H25FN2OS/c23-18-8-10-19(11-9-18)24-15-12-17(13-16-24)5-3-4-14-25-20-6-1-2-7-21(20)27-22(25)26/h1-2,6-11,17H,3-5,12-16H2. The van der Waals surface area contributed by atoms with Crippen LogP contribution in [0.5, 0.6) is 0 Å². The quantitative estimate of drug-likeness (QED) is 0.540. The number of fused-ring (bicyclic) bond motifs is 1. The van der Waals surface area contributed by atoms with E-state index in [2.05, 4.69) is 4.90 Å². The molecule has 142 valence electrons. The van der Waals surface area contributed by atoms with E-state index in [4.69, 9.17) is 0 Å². The molecule has 0 radical (unpaired) electrons. The van der Waals surface area contributed by atoms with Gasteiger partial charge in [0.1, 0.15) is 5.82 Å². The Morgan fingerprint density at radius 1 is 1.00 bits per heavy atom. The van der Waals surface area contributed by atoms with Crippen LogP contribution < -0.4 is 9.77 Å². The first-order valence-corrected chi connectivity index (χ1v) is 10.6. The van der Waals surface area contributed by atoms with E-state index >= 15 is 0 Å². The van der Waals surface area contributed by atoms with Crippen molar-refractivity contribution in [2.75, 3.05) is 18.0 Å².